The van der Waals surface area contributed by atoms with Crippen LogP contribution in [0.15, 0.2) is 27.6 Å². The van der Waals surface area contributed by atoms with Crippen LogP contribution < -0.4 is 4.72 Å². The highest BCUT2D eigenvalue weighted by molar-refractivity contribution is 9.10. The van der Waals surface area contributed by atoms with E-state index in [-0.39, 0.29) is 10.5 Å². The van der Waals surface area contributed by atoms with Gasteiger partial charge in [0.2, 0.25) is 10.0 Å². The van der Waals surface area contributed by atoms with Gasteiger partial charge in [-0.25, -0.2) is 17.9 Å². The maximum Gasteiger partial charge on any atom is 0.336 e. The molecule has 2 rings (SSSR count). The van der Waals surface area contributed by atoms with Crippen molar-refractivity contribution in [3.8, 4) is 0 Å². The number of carboxylic acids is 1. The summed E-state index contributed by atoms with van der Waals surface area (Å²) in [4.78, 5) is 10.9. The molecule has 98 valence electrons. The second kappa shape index (κ2) is 4.99. The Kier molecular flexibility index (Phi) is 3.74. The van der Waals surface area contributed by atoms with Gasteiger partial charge in [0.1, 0.15) is 0 Å². The summed E-state index contributed by atoms with van der Waals surface area (Å²) in [7, 11) is -3.62. The van der Waals surface area contributed by atoms with E-state index in [1.807, 2.05) is 0 Å². The van der Waals surface area contributed by atoms with Crippen molar-refractivity contribution < 1.29 is 18.3 Å². The Balaban J connectivity index is 2.25. The summed E-state index contributed by atoms with van der Waals surface area (Å²) in [6.07, 6.45) is 2.09. The molecule has 1 aliphatic rings. The summed E-state index contributed by atoms with van der Waals surface area (Å²) in [5.41, 5.74) is -0.0655. The van der Waals surface area contributed by atoms with Gasteiger partial charge in [0.05, 0.1) is 10.5 Å². The summed E-state index contributed by atoms with van der Waals surface area (Å²) >= 11 is 3.07. The van der Waals surface area contributed by atoms with Crippen LogP contribution >= 0.6 is 15.9 Å². The smallest absolute Gasteiger partial charge is 0.336 e. The molecule has 0 aromatic heterocycles. The number of nitrogens with one attached hydrogen (secondary N) is 1. The molecule has 1 aromatic rings. The lowest BCUT2D eigenvalue weighted by Crippen LogP contribution is -2.26. The van der Waals surface area contributed by atoms with Gasteiger partial charge in [-0.1, -0.05) is 0 Å². The fraction of sp³-hybridized carbons (Fsp3) is 0.364. The monoisotopic (exact) mass is 333 g/mol. The zero-order valence-corrected chi connectivity index (χ0v) is 11.8. The summed E-state index contributed by atoms with van der Waals surface area (Å²) in [5, 5.41) is 8.94. The number of hydrogen-bond donors (Lipinski definition) is 2. The number of carbonyl (C=O) groups is 1. The van der Waals surface area contributed by atoms with Crippen molar-refractivity contribution in [2.24, 2.45) is 5.92 Å². The SMILES string of the molecule is O=C(O)c1cc(S(=O)(=O)NCC2CC2)ccc1Br. The van der Waals surface area contributed by atoms with E-state index in [9.17, 15) is 13.2 Å². The van der Waals surface area contributed by atoms with Crippen LogP contribution in [0.25, 0.3) is 0 Å². The quantitative estimate of drug-likeness (QED) is 0.861. The van der Waals surface area contributed by atoms with E-state index in [2.05, 4.69) is 20.7 Å². The third-order valence-electron chi connectivity index (χ3n) is 2.74. The van der Waals surface area contributed by atoms with Crippen molar-refractivity contribution in [3.63, 3.8) is 0 Å². The van der Waals surface area contributed by atoms with Crippen LogP contribution in [0.3, 0.4) is 0 Å². The molecular formula is C11H12BrNO4S. The number of sulfonamides is 1. The van der Waals surface area contributed by atoms with Crippen molar-refractivity contribution in [3.05, 3.63) is 28.2 Å². The van der Waals surface area contributed by atoms with Gasteiger partial charge in [-0.3, -0.25) is 0 Å². The van der Waals surface area contributed by atoms with Gasteiger partial charge in [-0.15, -0.1) is 0 Å². The Morgan fingerprint density at radius 2 is 2.11 bits per heavy atom. The van der Waals surface area contributed by atoms with E-state index in [1.54, 1.807) is 0 Å². The molecule has 5 nitrogen and oxygen atoms in total. The number of aromatic carboxylic acids is 1. The molecule has 2 N–H and O–H groups in total. The summed E-state index contributed by atoms with van der Waals surface area (Å²) in [6, 6.07) is 3.96. The standard InChI is InChI=1S/C11H12BrNO4S/c12-10-4-3-8(5-9(10)11(14)15)18(16,17)13-6-7-1-2-7/h3-5,7,13H,1-2,6H2,(H,14,15). The van der Waals surface area contributed by atoms with Crippen LogP contribution in [0, 0.1) is 5.92 Å². The minimum Gasteiger partial charge on any atom is -0.478 e. The van der Waals surface area contributed by atoms with Gasteiger partial charge < -0.3 is 5.11 Å². The Hall–Kier alpha value is -0.920. The molecule has 1 aliphatic carbocycles. The van der Waals surface area contributed by atoms with Gasteiger partial charge in [-0.05, 0) is 52.9 Å². The Labute approximate surface area is 113 Å². The highest BCUT2D eigenvalue weighted by atomic mass is 79.9. The number of hydrogen-bond acceptors (Lipinski definition) is 3. The minimum absolute atomic E-state index is 0.0243. The first-order chi connectivity index (χ1) is 8.40. The van der Waals surface area contributed by atoms with Gasteiger partial charge in [0.15, 0.2) is 0 Å². The third kappa shape index (κ3) is 3.09. The van der Waals surface area contributed by atoms with Gasteiger partial charge in [-0.2, -0.15) is 0 Å². The predicted molar refractivity (Wildman–Crippen MR) is 69.0 cm³/mol. The molecule has 7 heteroatoms. The van der Waals surface area contributed by atoms with E-state index < -0.39 is 16.0 Å². The number of rotatable bonds is 5. The maximum absolute atomic E-state index is 11.9. The van der Waals surface area contributed by atoms with Crippen LogP contribution in [-0.2, 0) is 10.0 Å². The topological polar surface area (TPSA) is 83.5 Å². The second-order valence-corrected chi connectivity index (χ2v) is 6.86. The van der Waals surface area contributed by atoms with Crippen LogP contribution in [0.2, 0.25) is 0 Å². The van der Waals surface area contributed by atoms with Crippen LogP contribution in [-0.4, -0.2) is 26.0 Å². The average molecular weight is 334 g/mol. The molecule has 0 amide bonds. The molecule has 0 atom stereocenters. The third-order valence-corrected chi connectivity index (χ3v) is 4.85. The summed E-state index contributed by atoms with van der Waals surface area (Å²) in [5.74, 6) is -0.740. The van der Waals surface area contributed by atoms with Gasteiger partial charge in [0.25, 0.3) is 0 Å². The molecule has 0 radical (unpaired) electrons. The molecule has 0 saturated heterocycles. The van der Waals surface area contributed by atoms with Crippen LogP contribution in [0.4, 0.5) is 0 Å². The number of benzene rings is 1. The lowest BCUT2D eigenvalue weighted by molar-refractivity contribution is 0.0695. The van der Waals surface area contributed by atoms with Crippen molar-refractivity contribution in [1.82, 2.24) is 4.72 Å². The summed E-state index contributed by atoms with van der Waals surface area (Å²) < 4.78 is 26.7. The van der Waals surface area contributed by atoms with Gasteiger partial charge in [0, 0.05) is 11.0 Å². The lowest BCUT2D eigenvalue weighted by atomic mass is 10.2. The molecule has 1 fully saturated rings. The van der Waals surface area contributed by atoms with E-state index in [0.717, 1.165) is 18.9 Å². The van der Waals surface area contributed by atoms with Crippen molar-refractivity contribution in [2.45, 2.75) is 17.7 Å². The van der Waals surface area contributed by atoms with E-state index in [4.69, 9.17) is 5.11 Å². The molecule has 0 heterocycles. The first-order valence-corrected chi connectivity index (χ1v) is 7.70. The van der Waals surface area contributed by atoms with Gasteiger partial charge >= 0.3 is 5.97 Å². The molecule has 0 unspecified atom stereocenters. The zero-order chi connectivity index (χ0) is 13.3. The fourth-order valence-electron chi connectivity index (χ4n) is 1.47. The van der Waals surface area contributed by atoms with E-state index in [0.29, 0.717) is 16.9 Å². The normalized spacial score (nSPS) is 15.6. The van der Waals surface area contributed by atoms with Crippen molar-refractivity contribution >= 4 is 31.9 Å². The first-order valence-electron chi connectivity index (χ1n) is 5.42. The molecule has 1 aromatic carbocycles. The lowest BCUT2D eigenvalue weighted by Gasteiger charge is -2.07. The highest BCUT2D eigenvalue weighted by Crippen LogP contribution is 2.28. The van der Waals surface area contributed by atoms with E-state index >= 15 is 0 Å². The Morgan fingerprint density at radius 1 is 1.44 bits per heavy atom. The molecular weight excluding hydrogens is 322 g/mol. The Bertz CT molecular complexity index is 581. The number of halogens is 1. The number of carboxylic acid groups (broad SMARTS) is 1. The molecule has 0 aliphatic heterocycles. The van der Waals surface area contributed by atoms with Crippen molar-refractivity contribution in [2.75, 3.05) is 6.54 Å². The zero-order valence-electron chi connectivity index (χ0n) is 9.39. The average Bonchev–Trinajstić information content (AvgIpc) is 3.10. The Morgan fingerprint density at radius 3 is 2.67 bits per heavy atom. The van der Waals surface area contributed by atoms with E-state index in [1.165, 1.54) is 12.1 Å². The molecule has 18 heavy (non-hydrogen) atoms. The first kappa shape index (κ1) is 13.5. The highest BCUT2D eigenvalue weighted by Gasteiger charge is 2.25. The van der Waals surface area contributed by atoms with Crippen LogP contribution in [0.1, 0.15) is 23.2 Å². The molecule has 0 spiro atoms. The van der Waals surface area contributed by atoms with Crippen LogP contribution in [0.5, 0.6) is 0 Å². The summed E-state index contributed by atoms with van der Waals surface area (Å²) in [6.45, 7) is 0.417. The molecule has 0 bridgehead atoms. The van der Waals surface area contributed by atoms with Crippen molar-refractivity contribution in [1.29, 1.82) is 0 Å². The minimum atomic E-state index is -3.62. The molecule has 1 saturated carbocycles. The second-order valence-electron chi connectivity index (χ2n) is 4.24. The fourth-order valence-corrected chi connectivity index (χ4v) is 3.03. The predicted octanol–water partition coefficient (Wildman–Crippen LogP) is 1.84. The maximum atomic E-state index is 11.9. The largest absolute Gasteiger partial charge is 0.478 e.